The van der Waals surface area contributed by atoms with Crippen molar-refractivity contribution < 1.29 is 18.0 Å². The van der Waals surface area contributed by atoms with Crippen molar-refractivity contribution in [3.8, 4) is 0 Å². The van der Waals surface area contributed by atoms with Gasteiger partial charge in [0, 0.05) is 42.4 Å². The number of carbonyl (C=O) groups is 1. The summed E-state index contributed by atoms with van der Waals surface area (Å²) in [6.45, 7) is 2.06. The lowest BCUT2D eigenvalue weighted by atomic mass is 9.97. The number of amides is 1. The van der Waals surface area contributed by atoms with E-state index in [1.165, 1.54) is 6.07 Å². The van der Waals surface area contributed by atoms with Crippen molar-refractivity contribution in [2.75, 3.05) is 5.32 Å². The Morgan fingerprint density at radius 2 is 2.03 bits per heavy atom. The quantitative estimate of drug-likeness (QED) is 0.623. The summed E-state index contributed by atoms with van der Waals surface area (Å²) in [5.74, 6) is -0.424. The van der Waals surface area contributed by atoms with Crippen molar-refractivity contribution in [2.24, 2.45) is 7.05 Å². The van der Waals surface area contributed by atoms with E-state index in [1.54, 1.807) is 42.2 Å². The van der Waals surface area contributed by atoms with Crippen LogP contribution in [-0.2, 0) is 13.6 Å². The van der Waals surface area contributed by atoms with E-state index in [1.807, 2.05) is 6.92 Å². The highest BCUT2D eigenvalue weighted by molar-refractivity contribution is 6.30. The minimum atomic E-state index is -4.52. The normalized spacial score (nSPS) is 18.4. The molecule has 2 atom stereocenters. The number of fused-ring (bicyclic) bond motifs is 1. The van der Waals surface area contributed by atoms with Gasteiger partial charge in [0.15, 0.2) is 11.7 Å². The van der Waals surface area contributed by atoms with Gasteiger partial charge in [0.25, 0.3) is 5.91 Å². The zero-order valence-corrected chi connectivity index (χ0v) is 17.5. The fraction of sp³-hybridized carbons (Fsp3) is 0.350. The molecule has 3 heterocycles. The van der Waals surface area contributed by atoms with Gasteiger partial charge in [-0.25, -0.2) is 4.68 Å². The standard InChI is InChI=1S/C20H20ClF3N6O/c1-11-13(10-26-29(11)2)9-25-19(31)16-8-18-27-15(12-3-5-14(21)6-4-12)7-17(20(22,23)24)30(18)28-16/h3-6,8,10,15,17,27H,7,9H2,1-2H3,(H,25,31)/t15-,17+/m1/s1. The van der Waals surface area contributed by atoms with Crippen molar-refractivity contribution in [2.45, 2.75) is 38.1 Å². The molecule has 3 aromatic rings. The molecule has 1 aliphatic heterocycles. The van der Waals surface area contributed by atoms with Crippen molar-refractivity contribution in [1.29, 1.82) is 0 Å². The van der Waals surface area contributed by atoms with Crippen molar-refractivity contribution in [3.63, 3.8) is 0 Å². The zero-order valence-electron chi connectivity index (χ0n) is 16.7. The Kier molecular flexibility index (Phi) is 5.42. The predicted octanol–water partition coefficient (Wildman–Crippen LogP) is 4.17. The molecule has 0 radical (unpaired) electrons. The van der Waals surface area contributed by atoms with Crippen molar-refractivity contribution in [1.82, 2.24) is 24.9 Å². The Labute approximate surface area is 181 Å². The van der Waals surface area contributed by atoms with Gasteiger partial charge in [-0.05, 0) is 24.6 Å². The van der Waals surface area contributed by atoms with E-state index in [0.29, 0.717) is 10.6 Å². The average molecular weight is 453 g/mol. The highest BCUT2D eigenvalue weighted by atomic mass is 35.5. The third-order valence-electron chi connectivity index (χ3n) is 5.47. The fourth-order valence-corrected chi connectivity index (χ4v) is 3.71. The minimum Gasteiger partial charge on any atom is -0.363 e. The summed E-state index contributed by atoms with van der Waals surface area (Å²) in [6.07, 6.45) is -3.14. The summed E-state index contributed by atoms with van der Waals surface area (Å²) in [6, 6.07) is 5.52. The van der Waals surface area contributed by atoms with Crippen LogP contribution in [0.15, 0.2) is 36.5 Å². The van der Waals surface area contributed by atoms with Gasteiger partial charge >= 0.3 is 6.18 Å². The average Bonchev–Trinajstić information content (AvgIpc) is 3.29. The summed E-state index contributed by atoms with van der Waals surface area (Å²) in [7, 11) is 1.78. The summed E-state index contributed by atoms with van der Waals surface area (Å²) in [5.41, 5.74) is 2.28. The second kappa shape index (κ2) is 7.92. The maximum Gasteiger partial charge on any atom is 0.410 e. The lowest BCUT2D eigenvalue weighted by molar-refractivity contribution is -0.173. The summed E-state index contributed by atoms with van der Waals surface area (Å²) in [5, 5.41) is 14.3. The number of aryl methyl sites for hydroxylation is 1. The number of alkyl halides is 3. The third-order valence-corrected chi connectivity index (χ3v) is 5.72. The van der Waals surface area contributed by atoms with E-state index in [0.717, 1.165) is 15.9 Å². The van der Waals surface area contributed by atoms with E-state index in [9.17, 15) is 18.0 Å². The van der Waals surface area contributed by atoms with Crippen LogP contribution in [0.1, 0.15) is 45.8 Å². The first-order valence-electron chi connectivity index (χ1n) is 9.57. The molecule has 1 amide bonds. The Bertz CT molecular complexity index is 1110. The molecular weight excluding hydrogens is 433 g/mol. The molecule has 0 aliphatic carbocycles. The lowest BCUT2D eigenvalue weighted by Crippen LogP contribution is -2.35. The van der Waals surface area contributed by atoms with E-state index in [-0.39, 0.29) is 24.5 Å². The second-order valence-corrected chi connectivity index (χ2v) is 7.90. The largest absolute Gasteiger partial charge is 0.410 e. The Morgan fingerprint density at radius 3 is 2.65 bits per heavy atom. The number of nitrogens with one attached hydrogen (secondary N) is 2. The fourth-order valence-electron chi connectivity index (χ4n) is 3.58. The molecule has 1 aliphatic rings. The molecule has 2 aromatic heterocycles. The van der Waals surface area contributed by atoms with Crippen LogP contribution in [0.3, 0.4) is 0 Å². The van der Waals surface area contributed by atoms with Gasteiger partial charge in [-0.2, -0.15) is 23.4 Å². The highest BCUT2D eigenvalue weighted by Gasteiger charge is 2.46. The summed E-state index contributed by atoms with van der Waals surface area (Å²) >= 11 is 5.89. The van der Waals surface area contributed by atoms with Crippen LogP contribution in [0, 0.1) is 6.92 Å². The van der Waals surface area contributed by atoms with E-state index >= 15 is 0 Å². The number of hydrogen-bond acceptors (Lipinski definition) is 4. The van der Waals surface area contributed by atoms with Gasteiger partial charge in [-0.1, -0.05) is 23.7 Å². The van der Waals surface area contributed by atoms with Crippen LogP contribution in [0.5, 0.6) is 0 Å². The number of benzene rings is 1. The molecule has 2 N–H and O–H groups in total. The van der Waals surface area contributed by atoms with Gasteiger partial charge in [-0.3, -0.25) is 9.48 Å². The van der Waals surface area contributed by atoms with Crippen LogP contribution in [0.2, 0.25) is 5.02 Å². The zero-order chi connectivity index (χ0) is 22.3. The van der Waals surface area contributed by atoms with Gasteiger partial charge in [0.05, 0.1) is 12.2 Å². The van der Waals surface area contributed by atoms with Gasteiger partial charge < -0.3 is 10.6 Å². The summed E-state index contributed by atoms with van der Waals surface area (Å²) in [4.78, 5) is 12.6. The molecular formula is C20H20ClF3N6O. The van der Waals surface area contributed by atoms with E-state index < -0.39 is 24.2 Å². The van der Waals surface area contributed by atoms with Crippen LogP contribution in [0.4, 0.5) is 19.0 Å². The Hall–Kier alpha value is -3.01. The van der Waals surface area contributed by atoms with Crippen LogP contribution >= 0.6 is 11.6 Å². The lowest BCUT2D eigenvalue weighted by Gasteiger charge is -2.33. The van der Waals surface area contributed by atoms with Gasteiger partial charge in [0.2, 0.25) is 0 Å². The van der Waals surface area contributed by atoms with Gasteiger partial charge in [-0.15, -0.1) is 0 Å². The van der Waals surface area contributed by atoms with Crippen LogP contribution in [-0.4, -0.2) is 31.6 Å². The molecule has 0 fully saturated rings. The number of aromatic nitrogens is 4. The third kappa shape index (κ3) is 4.25. The van der Waals surface area contributed by atoms with E-state index in [2.05, 4.69) is 20.8 Å². The first-order chi connectivity index (χ1) is 14.6. The van der Waals surface area contributed by atoms with Crippen LogP contribution in [0.25, 0.3) is 0 Å². The number of carbonyl (C=O) groups excluding carboxylic acids is 1. The summed E-state index contributed by atoms with van der Waals surface area (Å²) < 4.78 is 43.9. The molecule has 0 spiro atoms. The molecule has 4 rings (SSSR count). The molecule has 0 saturated heterocycles. The maximum atomic E-state index is 13.8. The molecule has 11 heteroatoms. The SMILES string of the molecule is Cc1c(CNC(=O)c2cc3n(n2)[C@H](C(F)(F)F)C[C@H](c2ccc(Cl)cc2)N3)cnn1C. The Balaban J connectivity index is 1.58. The highest BCUT2D eigenvalue weighted by Crippen LogP contribution is 2.43. The Morgan fingerprint density at radius 1 is 1.32 bits per heavy atom. The molecule has 7 nitrogen and oxygen atoms in total. The number of rotatable bonds is 4. The monoisotopic (exact) mass is 452 g/mol. The topological polar surface area (TPSA) is 76.8 Å². The molecule has 0 unspecified atom stereocenters. The second-order valence-electron chi connectivity index (χ2n) is 7.46. The first-order valence-corrected chi connectivity index (χ1v) is 9.95. The molecule has 31 heavy (non-hydrogen) atoms. The minimum absolute atomic E-state index is 0.0879. The van der Waals surface area contributed by atoms with Crippen LogP contribution < -0.4 is 10.6 Å². The smallest absolute Gasteiger partial charge is 0.363 e. The van der Waals surface area contributed by atoms with E-state index in [4.69, 9.17) is 11.6 Å². The number of hydrogen-bond donors (Lipinski definition) is 2. The maximum absolute atomic E-state index is 13.8. The number of anilines is 1. The number of halogens is 4. The number of nitrogens with zero attached hydrogens (tertiary/aromatic N) is 4. The van der Waals surface area contributed by atoms with Crippen molar-refractivity contribution in [3.05, 3.63) is 64.1 Å². The molecule has 0 bridgehead atoms. The molecule has 0 saturated carbocycles. The molecule has 1 aromatic carbocycles. The van der Waals surface area contributed by atoms with Gasteiger partial charge in [0.1, 0.15) is 5.82 Å². The first kappa shape index (κ1) is 21.2. The predicted molar refractivity (Wildman–Crippen MR) is 109 cm³/mol. The van der Waals surface area contributed by atoms with Crippen molar-refractivity contribution >= 4 is 23.3 Å². The molecule has 164 valence electrons.